The summed E-state index contributed by atoms with van der Waals surface area (Å²) in [7, 11) is 1.54. The summed E-state index contributed by atoms with van der Waals surface area (Å²) in [6.45, 7) is 2.43. The Bertz CT molecular complexity index is 1210. The van der Waals surface area contributed by atoms with E-state index < -0.39 is 18.2 Å². The fourth-order valence-corrected chi connectivity index (χ4v) is 3.35. The molecule has 0 unspecified atom stereocenters. The fourth-order valence-electron chi connectivity index (χ4n) is 3.01. The molecule has 3 aromatic carbocycles. The maximum Gasteiger partial charge on any atom is 0.249 e. The third-order valence-electron chi connectivity index (χ3n) is 4.61. The van der Waals surface area contributed by atoms with Crippen LogP contribution in [0.1, 0.15) is 23.1 Å². The minimum absolute atomic E-state index is 0.205. The van der Waals surface area contributed by atoms with Crippen LogP contribution in [0.3, 0.4) is 0 Å². The third-order valence-corrected chi connectivity index (χ3v) is 5.43. The van der Waals surface area contributed by atoms with Gasteiger partial charge in [-0.2, -0.15) is 5.10 Å². The van der Waals surface area contributed by atoms with E-state index >= 15 is 0 Å². The van der Waals surface area contributed by atoms with Gasteiger partial charge in [-0.05, 0) is 48.4 Å². The van der Waals surface area contributed by atoms with Crippen LogP contribution in [0.2, 0.25) is 10.0 Å². The first-order valence-corrected chi connectivity index (χ1v) is 11.0. The van der Waals surface area contributed by atoms with E-state index in [-0.39, 0.29) is 5.02 Å². The summed E-state index contributed by atoms with van der Waals surface area (Å²) in [6.07, 6.45) is 1.01. The summed E-state index contributed by atoms with van der Waals surface area (Å²) in [5.74, 6) is -0.0205. The predicted molar refractivity (Wildman–Crippen MR) is 134 cm³/mol. The van der Waals surface area contributed by atoms with E-state index in [1.807, 2.05) is 25.1 Å². The highest BCUT2D eigenvalue weighted by Crippen LogP contribution is 2.30. The van der Waals surface area contributed by atoms with Crippen LogP contribution in [-0.2, 0) is 16.2 Å². The van der Waals surface area contributed by atoms with E-state index in [0.717, 1.165) is 11.1 Å². The maximum absolute atomic E-state index is 12.1. The van der Waals surface area contributed by atoms with Crippen LogP contribution in [0.4, 0.5) is 5.69 Å². The van der Waals surface area contributed by atoms with Gasteiger partial charge < -0.3 is 14.8 Å². The summed E-state index contributed by atoms with van der Waals surface area (Å²) in [6, 6.07) is 18.1. The minimum atomic E-state index is -0.586. The second-order valence-electron chi connectivity index (χ2n) is 7.31. The number of hydrogen-bond acceptors (Lipinski definition) is 5. The number of amides is 2. The zero-order chi connectivity index (χ0) is 24.5. The molecular weight excluding hydrogens is 477 g/mol. The smallest absolute Gasteiger partial charge is 0.249 e. The Kier molecular flexibility index (Phi) is 8.90. The molecule has 0 aliphatic carbocycles. The van der Waals surface area contributed by atoms with E-state index in [0.29, 0.717) is 34.4 Å². The Balaban J connectivity index is 1.52. The molecule has 0 aromatic heterocycles. The number of hydrogen-bond donors (Lipinski definition) is 2. The SMILES string of the molecule is COc1cc(C=NNC(=O)CC(=O)Nc2cccc(Cl)c2Cl)ccc1OCc1cccc(C)c1. The Morgan fingerprint density at radius 1 is 1.00 bits per heavy atom. The van der Waals surface area contributed by atoms with Gasteiger partial charge in [0, 0.05) is 0 Å². The second-order valence-corrected chi connectivity index (χ2v) is 8.09. The van der Waals surface area contributed by atoms with Gasteiger partial charge >= 0.3 is 0 Å². The van der Waals surface area contributed by atoms with Crippen LogP contribution in [-0.4, -0.2) is 25.1 Å². The molecule has 176 valence electrons. The molecule has 34 heavy (non-hydrogen) atoms. The van der Waals surface area contributed by atoms with E-state index in [1.165, 1.54) is 6.21 Å². The third kappa shape index (κ3) is 7.23. The Labute approximate surface area is 207 Å². The van der Waals surface area contributed by atoms with Crippen LogP contribution in [0.15, 0.2) is 65.8 Å². The number of benzene rings is 3. The summed E-state index contributed by atoms with van der Waals surface area (Å²) in [4.78, 5) is 24.1. The Hall–Kier alpha value is -3.55. The van der Waals surface area contributed by atoms with E-state index in [4.69, 9.17) is 32.7 Å². The Morgan fingerprint density at radius 3 is 2.56 bits per heavy atom. The average molecular weight is 500 g/mol. The molecule has 7 nitrogen and oxygen atoms in total. The van der Waals surface area contributed by atoms with Gasteiger partial charge in [0.2, 0.25) is 11.8 Å². The molecule has 9 heteroatoms. The first-order valence-electron chi connectivity index (χ1n) is 10.3. The van der Waals surface area contributed by atoms with E-state index in [9.17, 15) is 9.59 Å². The molecule has 0 saturated heterocycles. The van der Waals surface area contributed by atoms with Crippen molar-refractivity contribution >= 4 is 46.9 Å². The van der Waals surface area contributed by atoms with E-state index in [2.05, 4.69) is 21.9 Å². The number of nitrogens with zero attached hydrogens (tertiary/aromatic N) is 1. The Morgan fingerprint density at radius 2 is 1.79 bits per heavy atom. The molecule has 3 aromatic rings. The van der Waals surface area contributed by atoms with Gasteiger partial charge in [-0.25, -0.2) is 5.43 Å². The number of rotatable bonds is 9. The summed E-state index contributed by atoms with van der Waals surface area (Å²) < 4.78 is 11.3. The highest BCUT2D eigenvalue weighted by molar-refractivity contribution is 6.44. The molecule has 0 spiro atoms. The number of hydrazone groups is 1. The average Bonchev–Trinajstić information content (AvgIpc) is 2.81. The monoisotopic (exact) mass is 499 g/mol. The van der Waals surface area contributed by atoms with Gasteiger partial charge in [0.25, 0.3) is 0 Å². The molecule has 2 amide bonds. The van der Waals surface area contributed by atoms with Crippen molar-refractivity contribution in [2.75, 3.05) is 12.4 Å². The molecule has 0 heterocycles. The van der Waals surface area contributed by atoms with Crippen LogP contribution in [0, 0.1) is 6.92 Å². The number of carbonyl (C=O) groups is 2. The zero-order valence-corrected chi connectivity index (χ0v) is 20.1. The van der Waals surface area contributed by atoms with Crippen LogP contribution >= 0.6 is 23.2 Å². The van der Waals surface area contributed by atoms with Crippen LogP contribution < -0.4 is 20.2 Å². The van der Waals surface area contributed by atoms with Crippen molar-refractivity contribution in [1.29, 1.82) is 0 Å². The number of halogens is 2. The lowest BCUT2D eigenvalue weighted by molar-refractivity contribution is -0.126. The number of carbonyl (C=O) groups excluding carboxylic acids is 2. The number of anilines is 1. The normalized spacial score (nSPS) is 10.7. The molecule has 0 aliphatic rings. The lowest BCUT2D eigenvalue weighted by Gasteiger charge is -2.11. The largest absolute Gasteiger partial charge is 0.493 e. The number of nitrogens with one attached hydrogen (secondary N) is 2. The first-order chi connectivity index (χ1) is 16.4. The van der Waals surface area contributed by atoms with Crippen molar-refractivity contribution in [1.82, 2.24) is 5.43 Å². The van der Waals surface area contributed by atoms with Gasteiger partial charge in [-0.1, -0.05) is 59.1 Å². The number of methoxy groups -OCH3 is 1. The second kappa shape index (κ2) is 12.1. The van der Waals surface area contributed by atoms with Crippen LogP contribution in [0.25, 0.3) is 0 Å². The van der Waals surface area contributed by atoms with Gasteiger partial charge in [0.1, 0.15) is 13.0 Å². The van der Waals surface area contributed by atoms with Crippen molar-refractivity contribution < 1.29 is 19.1 Å². The van der Waals surface area contributed by atoms with Crippen molar-refractivity contribution in [3.8, 4) is 11.5 Å². The first kappa shape index (κ1) is 25.1. The summed E-state index contributed by atoms with van der Waals surface area (Å²) >= 11 is 11.9. The maximum atomic E-state index is 12.1. The highest BCUT2D eigenvalue weighted by atomic mass is 35.5. The van der Waals surface area contributed by atoms with Gasteiger partial charge in [-0.3, -0.25) is 9.59 Å². The lowest BCUT2D eigenvalue weighted by Crippen LogP contribution is -2.24. The van der Waals surface area contributed by atoms with Crippen molar-refractivity contribution in [3.05, 3.63) is 87.4 Å². The van der Waals surface area contributed by atoms with Crippen molar-refractivity contribution in [2.45, 2.75) is 20.0 Å². The van der Waals surface area contributed by atoms with E-state index in [1.54, 1.807) is 43.5 Å². The molecule has 0 aliphatic heterocycles. The fraction of sp³-hybridized carbons (Fsp3) is 0.160. The quantitative estimate of drug-likeness (QED) is 0.235. The molecule has 2 N–H and O–H groups in total. The zero-order valence-electron chi connectivity index (χ0n) is 18.6. The molecule has 3 rings (SSSR count). The summed E-state index contributed by atoms with van der Waals surface area (Å²) in [5, 5.41) is 6.94. The molecule has 0 fully saturated rings. The molecule has 0 atom stereocenters. The molecular formula is C25H23Cl2N3O4. The van der Waals surface area contributed by atoms with Crippen molar-refractivity contribution in [2.24, 2.45) is 5.10 Å². The molecule has 0 saturated carbocycles. The van der Waals surface area contributed by atoms with Crippen molar-refractivity contribution in [3.63, 3.8) is 0 Å². The number of ether oxygens (including phenoxy) is 2. The molecule has 0 radical (unpaired) electrons. The van der Waals surface area contributed by atoms with Gasteiger partial charge in [-0.15, -0.1) is 0 Å². The van der Waals surface area contributed by atoms with Crippen LogP contribution in [0.5, 0.6) is 11.5 Å². The predicted octanol–water partition coefficient (Wildman–Crippen LogP) is 5.37. The lowest BCUT2D eigenvalue weighted by atomic mass is 10.1. The standard InChI is InChI=1S/C25H23Cl2N3O4/c1-16-5-3-6-18(11-16)15-34-21-10-9-17(12-22(21)33-2)14-28-30-24(32)13-23(31)29-20-8-4-7-19(26)25(20)27/h3-12,14H,13,15H2,1-2H3,(H,29,31)(H,30,32). The summed E-state index contributed by atoms with van der Waals surface area (Å²) in [5.41, 5.74) is 5.53. The minimum Gasteiger partial charge on any atom is -0.493 e. The highest BCUT2D eigenvalue weighted by Gasteiger charge is 2.12. The topological polar surface area (TPSA) is 89.0 Å². The van der Waals surface area contributed by atoms with Gasteiger partial charge in [0.15, 0.2) is 11.5 Å². The number of aryl methyl sites for hydroxylation is 1. The molecule has 0 bridgehead atoms. The van der Waals surface area contributed by atoms with Gasteiger partial charge in [0.05, 0.1) is 29.1 Å².